The molecule has 0 saturated heterocycles. The number of benzene rings is 1. The Labute approximate surface area is 111 Å². The molecule has 0 saturated carbocycles. The van der Waals surface area contributed by atoms with E-state index < -0.39 is 0 Å². The smallest absolute Gasteiger partial charge is 0.138 e. The Hall–Kier alpha value is -2.50. The molecule has 0 atom stereocenters. The molecule has 6 nitrogen and oxygen atoms in total. The second-order valence-electron chi connectivity index (χ2n) is 3.96. The first kappa shape index (κ1) is 12.9. The van der Waals surface area contributed by atoms with Crippen LogP contribution in [0.25, 0.3) is 0 Å². The molecule has 0 aliphatic heterocycles. The van der Waals surface area contributed by atoms with E-state index in [0.717, 1.165) is 11.3 Å². The van der Waals surface area contributed by atoms with Crippen LogP contribution in [0.2, 0.25) is 0 Å². The summed E-state index contributed by atoms with van der Waals surface area (Å²) < 4.78 is 10.4. The van der Waals surface area contributed by atoms with Crippen molar-refractivity contribution in [2.24, 2.45) is 0 Å². The molecule has 2 rings (SSSR count). The Balaban J connectivity index is 2.34. The van der Waals surface area contributed by atoms with E-state index in [1.807, 2.05) is 19.1 Å². The van der Waals surface area contributed by atoms with Crippen LogP contribution in [0.3, 0.4) is 0 Å². The summed E-state index contributed by atoms with van der Waals surface area (Å²) in [4.78, 5) is 8.09. The van der Waals surface area contributed by atoms with Gasteiger partial charge in [-0.25, -0.2) is 9.97 Å². The summed E-state index contributed by atoms with van der Waals surface area (Å²) in [6.45, 7) is 1.86. The van der Waals surface area contributed by atoms with Gasteiger partial charge in [-0.15, -0.1) is 0 Å². The highest BCUT2D eigenvalue weighted by Crippen LogP contribution is 2.28. The third-order valence-electron chi connectivity index (χ3n) is 2.74. The molecule has 1 heterocycles. The molecule has 1 aromatic carbocycles. The number of nitrogen functional groups attached to an aromatic ring is 1. The molecule has 0 radical (unpaired) electrons. The highest BCUT2D eigenvalue weighted by Gasteiger charge is 2.07. The van der Waals surface area contributed by atoms with Crippen molar-refractivity contribution in [3.8, 4) is 11.5 Å². The van der Waals surface area contributed by atoms with Gasteiger partial charge in [-0.1, -0.05) is 0 Å². The molecule has 100 valence electrons. The van der Waals surface area contributed by atoms with Gasteiger partial charge in [0.15, 0.2) is 0 Å². The van der Waals surface area contributed by atoms with Gasteiger partial charge in [0.25, 0.3) is 0 Å². The first-order valence-electron chi connectivity index (χ1n) is 5.71. The highest BCUT2D eigenvalue weighted by molar-refractivity contribution is 5.65. The maximum Gasteiger partial charge on any atom is 0.138 e. The fraction of sp³-hybridized carbons (Fsp3) is 0.231. The fourth-order valence-electron chi connectivity index (χ4n) is 1.61. The molecule has 0 aliphatic carbocycles. The average Bonchev–Trinajstić information content (AvgIpc) is 2.43. The summed E-state index contributed by atoms with van der Waals surface area (Å²) in [6.07, 6.45) is 1.42. The van der Waals surface area contributed by atoms with Gasteiger partial charge in [0, 0.05) is 29.4 Å². The van der Waals surface area contributed by atoms with Gasteiger partial charge in [0.05, 0.1) is 14.2 Å². The maximum absolute atomic E-state index is 5.75. The summed E-state index contributed by atoms with van der Waals surface area (Å²) in [7, 11) is 3.21. The number of methoxy groups -OCH3 is 2. The van der Waals surface area contributed by atoms with Gasteiger partial charge in [-0.05, 0) is 6.92 Å². The number of aromatic nitrogens is 2. The van der Waals surface area contributed by atoms with Gasteiger partial charge >= 0.3 is 0 Å². The van der Waals surface area contributed by atoms with Crippen molar-refractivity contribution >= 4 is 17.3 Å². The highest BCUT2D eigenvalue weighted by atomic mass is 16.5. The van der Waals surface area contributed by atoms with Crippen LogP contribution in [-0.4, -0.2) is 24.2 Å². The molecular formula is C13H16N4O2. The van der Waals surface area contributed by atoms with Gasteiger partial charge < -0.3 is 20.5 Å². The van der Waals surface area contributed by atoms with E-state index in [1.54, 1.807) is 20.3 Å². The Morgan fingerprint density at radius 1 is 1.05 bits per heavy atom. The van der Waals surface area contributed by atoms with Crippen molar-refractivity contribution in [3.63, 3.8) is 0 Å². The monoisotopic (exact) mass is 260 g/mol. The second-order valence-corrected chi connectivity index (χ2v) is 3.96. The Kier molecular flexibility index (Phi) is 3.70. The Morgan fingerprint density at radius 2 is 1.68 bits per heavy atom. The number of hydrogen-bond acceptors (Lipinski definition) is 6. The first-order valence-corrected chi connectivity index (χ1v) is 5.71. The van der Waals surface area contributed by atoms with Crippen LogP contribution >= 0.6 is 0 Å². The molecule has 0 unspecified atom stereocenters. The van der Waals surface area contributed by atoms with Crippen LogP contribution < -0.4 is 20.5 Å². The first-order chi connectivity index (χ1) is 9.13. The van der Waals surface area contributed by atoms with Gasteiger partial charge in [0.2, 0.25) is 0 Å². The summed E-state index contributed by atoms with van der Waals surface area (Å²) in [6, 6.07) is 5.49. The van der Waals surface area contributed by atoms with Gasteiger partial charge in [-0.3, -0.25) is 0 Å². The zero-order valence-corrected chi connectivity index (χ0v) is 11.1. The number of nitrogens with zero attached hydrogens (tertiary/aromatic N) is 2. The normalized spacial score (nSPS) is 10.1. The third kappa shape index (κ3) is 2.85. The lowest BCUT2D eigenvalue weighted by molar-refractivity contribution is 0.395. The van der Waals surface area contributed by atoms with Crippen molar-refractivity contribution < 1.29 is 9.47 Å². The largest absolute Gasteiger partial charge is 0.497 e. The molecule has 0 amide bonds. The van der Waals surface area contributed by atoms with E-state index in [2.05, 4.69) is 15.3 Å². The van der Waals surface area contributed by atoms with Gasteiger partial charge in [-0.2, -0.15) is 0 Å². The molecule has 1 aromatic heterocycles. The number of nitrogens with two attached hydrogens (primary N) is 1. The Bertz CT molecular complexity index is 565. The zero-order valence-electron chi connectivity index (χ0n) is 11.1. The molecule has 19 heavy (non-hydrogen) atoms. The van der Waals surface area contributed by atoms with Crippen LogP contribution in [0.4, 0.5) is 17.3 Å². The van der Waals surface area contributed by atoms with Crippen LogP contribution in [0, 0.1) is 6.92 Å². The lowest BCUT2D eigenvalue weighted by Crippen LogP contribution is -2.02. The molecule has 0 fully saturated rings. The van der Waals surface area contributed by atoms with Crippen molar-refractivity contribution in [1.29, 1.82) is 0 Å². The minimum Gasteiger partial charge on any atom is -0.497 e. The zero-order chi connectivity index (χ0) is 13.8. The summed E-state index contributed by atoms with van der Waals surface area (Å²) in [5.41, 5.74) is 7.34. The number of hydrogen-bond donors (Lipinski definition) is 2. The van der Waals surface area contributed by atoms with E-state index >= 15 is 0 Å². The van der Waals surface area contributed by atoms with Crippen LogP contribution in [-0.2, 0) is 0 Å². The topological polar surface area (TPSA) is 82.3 Å². The average molecular weight is 260 g/mol. The van der Waals surface area contributed by atoms with E-state index in [-0.39, 0.29) is 0 Å². The van der Waals surface area contributed by atoms with E-state index in [9.17, 15) is 0 Å². The van der Waals surface area contributed by atoms with Crippen molar-refractivity contribution in [3.05, 3.63) is 30.1 Å². The summed E-state index contributed by atoms with van der Waals surface area (Å²) in [5.74, 6) is 2.50. The molecular weight excluding hydrogens is 244 g/mol. The lowest BCUT2D eigenvalue weighted by Gasteiger charge is -2.12. The molecule has 6 heteroatoms. The summed E-state index contributed by atoms with van der Waals surface area (Å²) >= 11 is 0. The van der Waals surface area contributed by atoms with Crippen molar-refractivity contribution in [2.45, 2.75) is 6.92 Å². The SMILES string of the molecule is COc1cc(Nc2ncnc(N)c2C)cc(OC)c1. The number of rotatable bonds is 4. The van der Waals surface area contributed by atoms with Crippen molar-refractivity contribution in [2.75, 3.05) is 25.3 Å². The minimum atomic E-state index is 0.451. The van der Waals surface area contributed by atoms with Crippen molar-refractivity contribution in [1.82, 2.24) is 9.97 Å². The third-order valence-corrected chi connectivity index (χ3v) is 2.74. The molecule has 0 bridgehead atoms. The van der Waals surface area contributed by atoms with E-state index in [1.165, 1.54) is 6.33 Å². The van der Waals surface area contributed by atoms with Crippen LogP contribution in [0.15, 0.2) is 24.5 Å². The van der Waals surface area contributed by atoms with E-state index in [0.29, 0.717) is 23.1 Å². The van der Waals surface area contributed by atoms with E-state index in [4.69, 9.17) is 15.2 Å². The standard InChI is InChI=1S/C13H16N4O2/c1-8-12(14)15-7-16-13(8)17-9-4-10(18-2)6-11(5-9)19-3/h4-7H,1-3H3,(H3,14,15,16,17). The quantitative estimate of drug-likeness (QED) is 0.876. The summed E-state index contributed by atoms with van der Waals surface area (Å²) in [5, 5.41) is 3.17. The van der Waals surface area contributed by atoms with Gasteiger partial charge in [0.1, 0.15) is 29.5 Å². The van der Waals surface area contributed by atoms with Crippen LogP contribution in [0.1, 0.15) is 5.56 Å². The fourth-order valence-corrected chi connectivity index (χ4v) is 1.61. The Morgan fingerprint density at radius 3 is 2.26 bits per heavy atom. The molecule has 0 spiro atoms. The number of nitrogens with one attached hydrogen (secondary N) is 1. The number of ether oxygens (including phenoxy) is 2. The van der Waals surface area contributed by atoms with Crippen LogP contribution in [0.5, 0.6) is 11.5 Å². The predicted octanol–water partition coefficient (Wildman–Crippen LogP) is 2.13. The lowest BCUT2D eigenvalue weighted by atomic mass is 10.2. The maximum atomic E-state index is 5.75. The predicted molar refractivity (Wildman–Crippen MR) is 74.0 cm³/mol. The molecule has 0 aliphatic rings. The number of anilines is 3. The second kappa shape index (κ2) is 5.43. The molecule has 2 aromatic rings. The molecule has 3 N–H and O–H groups in total. The minimum absolute atomic E-state index is 0.451.